The first-order valence-corrected chi connectivity index (χ1v) is 8.78. The maximum atomic E-state index is 11.0. The Morgan fingerprint density at radius 1 is 1.18 bits per heavy atom. The third kappa shape index (κ3) is 8.69. The van der Waals surface area contributed by atoms with E-state index >= 15 is 0 Å². The van der Waals surface area contributed by atoms with E-state index in [1.807, 2.05) is 5.32 Å². The number of carbonyl (C=O) groups excluding carboxylic acids is 2. The molecule has 1 amide bonds. The summed E-state index contributed by atoms with van der Waals surface area (Å²) >= 11 is 0. The third-order valence-electron chi connectivity index (χ3n) is 2.35. The van der Waals surface area contributed by atoms with Gasteiger partial charge >= 0.3 is 15.6 Å². The van der Waals surface area contributed by atoms with E-state index in [0.29, 0.717) is 0 Å². The highest BCUT2D eigenvalue weighted by Gasteiger charge is 2.39. The molecule has 0 saturated heterocycles. The SMILES string of the molecule is CC(=O)N[C@@H](C=O)[C@@H](OP(=O)(O)O)[C@H](N)[C@@H](C)OP(=O)(O)O. The summed E-state index contributed by atoms with van der Waals surface area (Å²) in [7, 11) is -10.1. The normalized spacial score (nSPS) is 18.1. The predicted octanol–water partition coefficient (Wildman–Crippen LogP) is -2.01. The molecule has 0 aromatic rings. The van der Waals surface area contributed by atoms with Gasteiger partial charge in [0.25, 0.3) is 0 Å². The van der Waals surface area contributed by atoms with Crippen molar-refractivity contribution in [2.24, 2.45) is 5.73 Å². The number of phosphoric ester groups is 2. The number of nitrogens with one attached hydrogen (secondary N) is 1. The first kappa shape index (κ1) is 21.3. The lowest BCUT2D eigenvalue weighted by Gasteiger charge is -2.32. The second-order valence-electron chi connectivity index (χ2n) is 4.30. The Balaban J connectivity index is 5.36. The van der Waals surface area contributed by atoms with E-state index in [4.69, 9.17) is 25.3 Å². The van der Waals surface area contributed by atoms with E-state index in [-0.39, 0.29) is 6.29 Å². The molecular formula is C8H18N2O10P2. The lowest BCUT2D eigenvalue weighted by molar-refractivity contribution is -0.124. The highest BCUT2D eigenvalue weighted by atomic mass is 31.2. The smallest absolute Gasteiger partial charge is 0.344 e. The topological polar surface area (TPSA) is 206 Å². The minimum absolute atomic E-state index is 0.117. The standard InChI is InChI=1S/C8H18N2O10P2/c1-4(19-21(13,14)15)7(9)8(20-22(16,17)18)6(3-11)10-5(2)12/h3-4,6-8H,9H2,1-2H3,(H,10,12)(H2,13,14,15)(H2,16,17,18)/t4-,6+,7-,8-/m1/s1. The van der Waals surface area contributed by atoms with Crippen LogP contribution < -0.4 is 11.1 Å². The van der Waals surface area contributed by atoms with Crippen molar-refractivity contribution >= 4 is 27.8 Å². The fourth-order valence-electron chi connectivity index (χ4n) is 1.52. The van der Waals surface area contributed by atoms with Crippen molar-refractivity contribution in [3.8, 4) is 0 Å². The lowest BCUT2D eigenvalue weighted by Crippen LogP contribution is -2.56. The molecule has 0 unspecified atom stereocenters. The van der Waals surface area contributed by atoms with Gasteiger partial charge in [-0.3, -0.25) is 13.8 Å². The summed E-state index contributed by atoms with van der Waals surface area (Å²) in [4.78, 5) is 57.0. The van der Waals surface area contributed by atoms with Crippen LogP contribution in [0.15, 0.2) is 0 Å². The van der Waals surface area contributed by atoms with Crippen LogP contribution in [0, 0.1) is 0 Å². The van der Waals surface area contributed by atoms with E-state index in [9.17, 15) is 18.7 Å². The van der Waals surface area contributed by atoms with Crippen LogP contribution in [0.3, 0.4) is 0 Å². The highest BCUT2D eigenvalue weighted by Crippen LogP contribution is 2.41. The maximum absolute atomic E-state index is 11.0. The number of hydrogen-bond donors (Lipinski definition) is 6. The van der Waals surface area contributed by atoms with Gasteiger partial charge in [-0.25, -0.2) is 9.13 Å². The molecule has 0 heterocycles. The number of hydrogen-bond acceptors (Lipinski definition) is 7. The fraction of sp³-hybridized carbons (Fsp3) is 0.750. The molecule has 0 aliphatic rings. The zero-order valence-electron chi connectivity index (χ0n) is 11.6. The molecule has 0 saturated carbocycles. The second-order valence-corrected chi connectivity index (χ2v) is 6.69. The number of nitrogens with two attached hydrogens (primary N) is 1. The van der Waals surface area contributed by atoms with E-state index in [1.54, 1.807) is 0 Å². The minimum atomic E-state index is -5.12. The first-order valence-electron chi connectivity index (χ1n) is 5.72. The van der Waals surface area contributed by atoms with Crippen molar-refractivity contribution in [2.75, 3.05) is 0 Å². The molecule has 0 aliphatic carbocycles. The zero-order valence-corrected chi connectivity index (χ0v) is 13.4. The summed E-state index contributed by atoms with van der Waals surface area (Å²) in [5.74, 6) is -0.716. The summed E-state index contributed by atoms with van der Waals surface area (Å²) in [6, 6.07) is -3.12. The van der Waals surface area contributed by atoms with E-state index in [0.717, 1.165) is 13.8 Å². The molecule has 0 aromatic carbocycles. The van der Waals surface area contributed by atoms with Crippen LogP contribution in [0.25, 0.3) is 0 Å². The molecule has 7 N–H and O–H groups in total. The van der Waals surface area contributed by atoms with Gasteiger partial charge in [0.1, 0.15) is 18.4 Å². The molecule has 0 aromatic heterocycles. The van der Waals surface area contributed by atoms with Gasteiger partial charge < -0.3 is 35.4 Å². The Hall–Kier alpha value is -0.680. The summed E-state index contributed by atoms with van der Waals surface area (Å²) in [6.07, 6.45) is -3.12. The molecule has 130 valence electrons. The Labute approximate surface area is 125 Å². The van der Waals surface area contributed by atoms with Crippen molar-refractivity contribution in [1.82, 2.24) is 5.32 Å². The first-order chi connectivity index (χ1) is 9.76. The molecule has 22 heavy (non-hydrogen) atoms. The minimum Gasteiger partial charge on any atom is -0.344 e. The average molecular weight is 364 g/mol. The van der Waals surface area contributed by atoms with Crippen LogP contribution in [0.2, 0.25) is 0 Å². The Morgan fingerprint density at radius 2 is 1.64 bits per heavy atom. The summed E-state index contributed by atoms with van der Waals surface area (Å²) in [6.45, 7) is 2.13. The van der Waals surface area contributed by atoms with E-state index < -0.39 is 45.8 Å². The molecular weight excluding hydrogens is 346 g/mol. The van der Waals surface area contributed by atoms with Gasteiger partial charge in [0, 0.05) is 6.92 Å². The van der Waals surface area contributed by atoms with E-state index in [2.05, 4.69) is 9.05 Å². The largest absolute Gasteiger partial charge is 0.469 e. The van der Waals surface area contributed by atoms with Crippen LogP contribution in [0.4, 0.5) is 0 Å². The highest BCUT2D eigenvalue weighted by molar-refractivity contribution is 7.46. The summed E-state index contributed by atoms with van der Waals surface area (Å²) in [5, 5.41) is 2.05. The average Bonchev–Trinajstić information content (AvgIpc) is 2.28. The van der Waals surface area contributed by atoms with Crippen LogP contribution in [-0.4, -0.2) is 56.1 Å². The van der Waals surface area contributed by atoms with Crippen molar-refractivity contribution in [3.05, 3.63) is 0 Å². The maximum Gasteiger partial charge on any atom is 0.469 e. The monoisotopic (exact) mass is 364 g/mol. The van der Waals surface area contributed by atoms with Gasteiger partial charge in [-0.15, -0.1) is 0 Å². The van der Waals surface area contributed by atoms with Crippen LogP contribution in [0.5, 0.6) is 0 Å². The van der Waals surface area contributed by atoms with Crippen LogP contribution in [-0.2, 0) is 27.8 Å². The number of phosphoric acid groups is 2. The number of aldehydes is 1. The van der Waals surface area contributed by atoms with E-state index in [1.165, 1.54) is 0 Å². The molecule has 12 nitrogen and oxygen atoms in total. The molecule has 0 spiro atoms. The molecule has 4 atom stereocenters. The van der Waals surface area contributed by atoms with Gasteiger partial charge in [0.15, 0.2) is 0 Å². The third-order valence-corrected chi connectivity index (χ3v) is 3.48. The number of rotatable bonds is 9. The van der Waals surface area contributed by atoms with Gasteiger partial charge in [-0.05, 0) is 6.92 Å². The van der Waals surface area contributed by atoms with Gasteiger partial charge in [0.05, 0.1) is 12.1 Å². The van der Waals surface area contributed by atoms with Crippen molar-refractivity contribution < 1.29 is 47.3 Å². The van der Waals surface area contributed by atoms with Crippen molar-refractivity contribution in [2.45, 2.75) is 38.1 Å². The Bertz CT molecular complexity index is 487. The van der Waals surface area contributed by atoms with Gasteiger partial charge in [0.2, 0.25) is 5.91 Å². The zero-order chi connectivity index (χ0) is 17.7. The van der Waals surface area contributed by atoms with Crippen LogP contribution >= 0.6 is 15.6 Å². The molecule has 0 bridgehead atoms. The number of carbonyl (C=O) groups is 2. The quantitative estimate of drug-likeness (QED) is 0.195. The Kier molecular flexibility index (Phi) is 8.00. The molecule has 0 rings (SSSR count). The van der Waals surface area contributed by atoms with Gasteiger partial charge in [-0.1, -0.05) is 0 Å². The molecule has 14 heteroatoms. The summed E-state index contributed by atoms with van der Waals surface area (Å²) in [5.41, 5.74) is 5.58. The fourth-order valence-corrected chi connectivity index (χ4v) is 2.68. The lowest BCUT2D eigenvalue weighted by atomic mass is 10.0. The van der Waals surface area contributed by atoms with Gasteiger partial charge in [-0.2, -0.15) is 0 Å². The molecule has 0 radical (unpaired) electrons. The van der Waals surface area contributed by atoms with Crippen LogP contribution in [0.1, 0.15) is 13.8 Å². The summed E-state index contributed by atoms with van der Waals surface area (Å²) < 4.78 is 30.3. The molecule has 0 fully saturated rings. The number of amides is 1. The second kappa shape index (κ2) is 8.25. The van der Waals surface area contributed by atoms with Crippen molar-refractivity contribution in [3.63, 3.8) is 0 Å². The predicted molar refractivity (Wildman–Crippen MR) is 71.2 cm³/mol. The van der Waals surface area contributed by atoms with Crippen molar-refractivity contribution in [1.29, 1.82) is 0 Å². The Morgan fingerprint density at radius 3 is 1.95 bits per heavy atom. The molecule has 0 aliphatic heterocycles.